The molecule has 3 aromatic rings. The fourth-order valence-electron chi connectivity index (χ4n) is 3.69. The molecule has 1 saturated heterocycles. The number of methoxy groups -OCH3 is 1. The lowest BCUT2D eigenvalue weighted by Gasteiger charge is -2.31. The molecule has 0 spiro atoms. The maximum atomic E-state index is 12.7. The van der Waals surface area contributed by atoms with Gasteiger partial charge < -0.3 is 19.5 Å². The Hall–Kier alpha value is -3.35. The van der Waals surface area contributed by atoms with Crippen molar-refractivity contribution in [2.75, 3.05) is 25.5 Å². The van der Waals surface area contributed by atoms with Gasteiger partial charge in [0.05, 0.1) is 19.2 Å². The van der Waals surface area contributed by atoms with Gasteiger partial charge in [-0.3, -0.25) is 9.59 Å². The molecule has 0 aliphatic carbocycles. The second-order valence-corrected chi connectivity index (χ2v) is 7.15. The molecular formula is C22H23N3O4. The molecule has 0 saturated carbocycles. The standard InChI is InChI=1S/C22H23N3O4/c1-28-20-9-5-3-7-17(20)23-22(27)15-10-12-25(13-11-15)21(26)14-18-16-6-2-4-8-19(16)29-24-18/h2-9,15H,10-14H2,1H3,(H,23,27). The number of carbonyl (C=O) groups excluding carboxylic acids is 2. The van der Waals surface area contributed by atoms with Crippen LogP contribution in [0.4, 0.5) is 5.69 Å². The van der Waals surface area contributed by atoms with E-state index in [0.717, 1.165) is 5.39 Å². The van der Waals surface area contributed by atoms with Gasteiger partial charge in [-0.15, -0.1) is 0 Å². The molecule has 0 bridgehead atoms. The van der Waals surface area contributed by atoms with Crippen LogP contribution in [0.1, 0.15) is 18.5 Å². The summed E-state index contributed by atoms with van der Waals surface area (Å²) in [6.45, 7) is 1.11. The molecule has 1 aliphatic heterocycles. The molecule has 4 rings (SSSR count). The first-order valence-electron chi connectivity index (χ1n) is 9.70. The first kappa shape index (κ1) is 19.0. The third-order valence-electron chi connectivity index (χ3n) is 5.35. The van der Waals surface area contributed by atoms with Gasteiger partial charge in [-0.05, 0) is 37.1 Å². The third kappa shape index (κ3) is 4.08. The number of rotatable bonds is 5. The molecule has 1 aliphatic rings. The van der Waals surface area contributed by atoms with Crippen molar-refractivity contribution in [1.82, 2.24) is 10.1 Å². The Morgan fingerprint density at radius 1 is 1.14 bits per heavy atom. The van der Waals surface area contributed by atoms with E-state index in [9.17, 15) is 9.59 Å². The highest BCUT2D eigenvalue weighted by Crippen LogP contribution is 2.26. The van der Waals surface area contributed by atoms with E-state index >= 15 is 0 Å². The molecule has 1 N–H and O–H groups in total. The Balaban J connectivity index is 1.33. The summed E-state index contributed by atoms with van der Waals surface area (Å²) in [5.74, 6) is 0.474. The monoisotopic (exact) mass is 393 g/mol. The summed E-state index contributed by atoms with van der Waals surface area (Å²) in [5.41, 5.74) is 2.00. The van der Waals surface area contributed by atoms with Crippen LogP contribution in [0.15, 0.2) is 53.1 Å². The minimum absolute atomic E-state index is 0.00707. The number of piperidine rings is 1. The van der Waals surface area contributed by atoms with Crippen LogP contribution < -0.4 is 10.1 Å². The fraction of sp³-hybridized carbons (Fsp3) is 0.318. The van der Waals surface area contributed by atoms with Crippen molar-refractivity contribution in [2.24, 2.45) is 5.92 Å². The summed E-state index contributed by atoms with van der Waals surface area (Å²) in [7, 11) is 1.58. The number of carbonyl (C=O) groups is 2. The number of fused-ring (bicyclic) bond motifs is 1. The van der Waals surface area contributed by atoms with Crippen LogP contribution >= 0.6 is 0 Å². The number of benzene rings is 2. The zero-order valence-corrected chi connectivity index (χ0v) is 16.3. The van der Waals surface area contributed by atoms with Crippen molar-refractivity contribution in [2.45, 2.75) is 19.3 Å². The first-order chi connectivity index (χ1) is 14.2. The number of hydrogen-bond donors (Lipinski definition) is 1. The summed E-state index contributed by atoms with van der Waals surface area (Å²) in [6.07, 6.45) is 1.47. The molecule has 2 heterocycles. The van der Waals surface area contributed by atoms with Gasteiger partial charge in [-0.1, -0.05) is 29.4 Å². The van der Waals surface area contributed by atoms with E-state index in [2.05, 4.69) is 10.5 Å². The van der Waals surface area contributed by atoms with E-state index in [1.165, 1.54) is 0 Å². The van der Waals surface area contributed by atoms with Gasteiger partial charge in [-0.25, -0.2) is 0 Å². The maximum absolute atomic E-state index is 12.7. The van der Waals surface area contributed by atoms with E-state index in [1.54, 1.807) is 12.0 Å². The van der Waals surface area contributed by atoms with Crippen LogP contribution in [0.5, 0.6) is 5.75 Å². The molecule has 2 aromatic carbocycles. The zero-order valence-electron chi connectivity index (χ0n) is 16.3. The van der Waals surface area contributed by atoms with Crippen molar-refractivity contribution in [3.8, 4) is 5.75 Å². The van der Waals surface area contributed by atoms with E-state index in [4.69, 9.17) is 9.26 Å². The van der Waals surface area contributed by atoms with Crippen molar-refractivity contribution in [3.63, 3.8) is 0 Å². The highest BCUT2D eigenvalue weighted by molar-refractivity contribution is 5.94. The molecule has 29 heavy (non-hydrogen) atoms. The van der Waals surface area contributed by atoms with Crippen LogP contribution in [0.2, 0.25) is 0 Å². The smallest absolute Gasteiger partial charge is 0.228 e. The van der Waals surface area contributed by atoms with Gasteiger partial charge in [0.2, 0.25) is 11.8 Å². The number of nitrogens with zero attached hydrogens (tertiary/aromatic N) is 2. The lowest BCUT2D eigenvalue weighted by molar-refractivity contribution is -0.133. The van der Waals surface area contributed by atoms with Crippen molar-refractivity contribution < 1.29 is 18.8 Å². The predicted molar refractivity (Wildman–Crippen MR) is 109 cm³/mol. The largest absolute Gasteiger partial charge is 0.495 e. The fourth-order valence-corrected chi connectivity index (χ4v) is 3.69. The number of amides is 2. The Bertz CT molecular complexity index is 1020. The van der Waals surface area contributed by atoms with Crippen LogP contribution in [-0.4, -0.2) is 42.1 Å². The molecular weight excluding hydrogens is 370 g/mol. The molecule has 150 valence electrons. The van der Waals surface area contributed by atoms with Gasteiger partial charge in [0.1, 0.15) is 11.4 Å². The number of hydrogen-bond acceptors (Lipinski definition) is 5. The van der Waals surface area contributed by atoms with E-state index in [-0.39, 0.29) is 24.2 Å². The van der Waals surface area contributed by atoms with Crippen molar-refractivity contribution >= 4 is 28.5 Å². The molecule has 1 fully saturated rings. The topological polar surface area (TPSA) is 84.7 Å². The summed E-state index contributed by atoms with van der Waals surface area (Å²) >= 11 is 0. The summed E-state index contributed by atoms with van der Waals surface area (Å²) in [5, 5.41) is 7.85. The summed E-state index contributed by atoms with van der Waals surface area (Å²) in [4.78, 5) is 27.1. The van der Waals surface area contributed by atoms with E-state index < -0.39 is 0 Å². The van der Waals surface area contributed by atoms with Gasteiger partial charge in [0.15, 0.2) is 5.58 Å². The summed E-state index contributed by atoms with van der Waals surface area (Å²) < 4.78 is 10.6. The van der Waals surface area contributed by atoms with Crippen molar-refractivity contribution in [3.05, 3.63) is 54.2 Å². The highest BCUT2D eigenvalue weighted by atomic mass is 16.5. The number of aromatic nitrogens is 1. The number of ether oxygens (including phenoxy) is 1. The molecule has 7 nitrogen and oxygen atoms in total. The predicted octanol–water partition coefficient (Wildman–Crippen LogP) is 3.26. The zero-order chi connectivity index (χ0) is 20.2. The lowest BCUT2D eigenvalue weighted by atomic mass is 9.95. The first-order valence-corrected chi connectivity index (χ1v) is 9.70. The minimum Gasteiger partial charge on any atom is -0.495 e. The quantitative estimate of drug-likeness (QED) is 0.719. The lowest BCUT2D eigenvalue weighted by Crippen LogP contribution is -2.42. The normalized spacial score (nSPS) is 14.7. The van der Waals surface area contributed by atoms with Crippen LogP contribution in [0.25, 0.3) is 11.0 Å². The highest BCUT2D eigenvalue weighted by Gasteiger charge is 2.28. The number of likely N-dealkylation sites (tertiary alicyclic amines) is 1. The molecule has 1 aromatic heterocycles. The second kappa shape index (κ2) is 8.34. The number of para-hydroxylation sites is 3. The molecule has 7 heteroatoms. The molecule has 2 amide bonds. The molecule has 0 atom stereocenters. The average molecular weight is 393 g/mol. The van der Waals surface area contributed by atoms with Crippen LogP contribution in [0, 0.1) is 5.92 Å². The minimum atomic E-state index is -0.128. The summed E-state index contributed by atoms with van der Waals surface area (Å²) in [6, 6.07) is 14.9. The Morgan fingerprint density at radius 2 is 1.86 bits per heavy atom. The van der Waals surface area contributed by atoms with Gasteiger partial charge in [-0.2, -0.15) is 0 Å². The second-order valence-electron chi connectivity index (χ2n) is 7.15. The van der Waals surface area contributed by atoms with Crippen LogP contribution in [0.3, 0.4) is 0 Å². The van der Waals surface area contributed by atoms with Crippen LogP contribution in [-0.2, 0) is 16.0 Å². The Morgan fingerprint density at radius 3 is 2.66 bits per heavy atom. The number of anilines is 1. The Labute approximate surface area is 168 Å². The molecule has 0 unspecified atom stereocenters. The van der Waals surface area contributed by atoms with E-state index in [0.29, 0.717) is 48.6 Å². The van der Waals surface area contributed by atoms with Gasteiger partial charge in [0.25, 0.3) is 0 Å². The van der Waals surface area contributed by atoms with Crippen molar-refractivity contribution in [1.29, 1.82) is 0 Å². The third-order valence-corrected chi connectivity index (χ3v) is 5.35. The van der Waals surface area contributed by atoms with Gasteiger partial charge >= 0.3 is 0 Å². The number of nitrogens with one attached hydrogen (secondary N) is 1. The van der Waals surface area contributed by atoms with E-state index in [1.807, 2.05) is 48.5 Å². The maximum Gasteiger partial charge on any atom is 0.228 e. The average Bonchev–Trinajstić information content (AvgIpc) is 3.17. The van der Waals surface area contributed by atoms with Gasteiger partial charge in [0, 0.05) is 24.4 Å². The SMILES string of the molecule is COc1ccccc1NC(=O)C1CCN(C(=O)Cc2noc3ccccc23)CC1. The Kier molecular flexibility index (Phi) is 5.46. The molecule has 0 radical (unpaired) electrons.